The molecule has 2 heteroatoms. The molecule has 2 nitrogen and oxygen atoms in total. The van der Waals surface area contributed by atoms with Gasteiger partial charge >= 0.3 is 0 Å². The number of likely N-dealkylation sites (N-methyl/N-ethyl adjacent to an activating group) is 1. The van der Waals surface area contributed by atoms with E-state index in [1.165, 1.54) is 12.8 Å². The molecule has 1 rings (SSSR count). The summed E-state index contributed by atoms with van der Waals surface area (Å²) >= 11 is 0. The van der Waals surface area contributed by atoms with Crippen LogP contribution in [-0.2, 0) is 0 Å². The first-order chi connectivity index (χ1) is 5.33. The van der Waals surface area contributed by atoms with E-state index in [0.29, 0.717) is 0 Å². The van der Waals surface area contributed by atoms with Crippen molar-refractivity contribution in [1.82, 2.24) is 10.6 Å². The van der Waals surface area contributed by atoms with Crippen molar-refractivity contribution in [3.8, 4) is 0 Å². The minimum atomic E-state index is 0.823. The molecule has 1 aliphatic carbocycles. The highest BCUT2D eigenvalue weighted by Crippen LogP contribution is 2.25. The van der Waals surface area contributed by atoms with Crippen LogP contribution in [0.4, 0.5) is 0 Å². The van der Waals surface area contributed by atoms with Gasteiger partial charge in [0.05, 0.1) is 0 Å². The van der Waals surface area contributed by atoms with E-state index >= 15 is 0 Å². The third-order valence-corrected chi connectivity index (χ3v) is 2.36. The summed E-state index contributed by atoms with van der Waals surface area (Å²) in [5, 5.41) is 6.82. The van der Waals surface area contributed by atoms with E-state index in [1.54, 1.807) is 0 Å². The van der Waals surface area contributed by atoms with E-state index in [1.807, 2.05) is 0 Å². The van der Waals surface area contributed by atoms with Crippen LogP contribution in [0.25, 0.3) is 0 Å². The molecule has 0 aromatic heterocycles. The zero-order chi connectivity index (χ0) is 8.10. The normalized spacial score (nSPS) is 30.0. The first-order valence-electron chi connectivity index (χ1n) is 4.77. The predicted octanol–water partition coefficient (Wildman–Crippen LogP) is 0.984. The summed E-state index contributed by atoms with van der Waals surface area (Å²) < 4.78 is 0. The molecule has 0 unspecified atom stereocenters. The van der Waals surface area contributed by atoms with Crippen LogP contribution in [0, 0.1) is 5.92 Å². The van der Waals surface area contributed by atoms with E-state index in [2.05, 4.69) is 24.5 Å². The molecule has 1 saturated carbocycles. The maximum atomic E-state index is 3.52. The Labute approximate surface area is 69.8 Å². The second-order valence-corrected chi connectivity index (χ2v) is 3.58. The fourth-order valence-corrected chi connectivity index (χ4v) is 1.61. The van der Waals surface area contributed by atoms with Crippen molar-refractivity contribution in [2.75, 3.05) is 19.6 Å². The van der Waals surface area contributed by atoms with Crippen molar-refractivity contribution in [2.24, 2.45) is 5.92 Å². The van der Waals surface area contributed by atoms with Crippen LogP contribution in [0.3, 0.4) is 0 Å². The van der Waals surface area contributed by atoms with E-state index in [-0.39, 0.29) is 0 Å². The SMILES string of the molecule is CCNCCNC1CC(C)C1. The van der Waals surface area contributed by atoms with Gasteiger partial charge in [-0.3, -0.25) is 0 Å². The topological polar surface area (TPSA) is 24.1 Å². The highest BCUT2D eigenvalue weighted by molar-refractivity contribution is 4.82. The highest BCUT2D eigenvalue weighted by Gasteiger charge is 2.23. The molecule has 11 heavy (non-hydrogen) atoms. The van der Waals surface area contributed by atoms with Gasteiger partial charge in [-0.25, -0.2) is 0 Å². The molecule has 0 heterocycles. The Balaban J connectivity index is 1.81. The molecule has 66 valence electrons. The summed E-state index contributed by atoms with van der Waals surface area (Å²) in [6, 6.07) is 0.823. The molecule has 1 aliphatic rings. The molecule has 0 aliphatic heterocycles. The molecule has 1 fully saturated rings. The van der Waals surface area contributed by atoms with Gasteiger partial charge < -0.3 is 10.6 Å². The summed E-state index contributed by atoms with van der Waals surface area (Å²) in [6.07, 6.45) is 2.76. The summed E-state index contributed by atoms with van der Waals surface area (Å²) in [5.74, 6) is 0.964. The van der Waals surface area contributed by atoms with Gasteiger partial charge in [0.25, 0.3) is 0 Å². The lowest BCUT2D eigenvalue weighted by Crippen LogP contribution is -2.42. The lowest BCUT2D eigenvalue weighted by atomic mass is 9.82. The fourth-order valence-electron chi connectivity index (χ4n) is 1.61. The van der Waals surface area contributed by atoms with E-state index in [0.717, 1.165) is 31.6 Å². The smallest absolute Gasteiger partial charge is 0.00793 e. The van der Waals surface area contributed by atoms with E-state index in [9.17, 15) is 0 Å². The Morgan fingerprint density at radius 3 is 2.55 bits per heavy atom. The van der Waals surface area contributed by atoms with Gasteiger partial charge in [-0.2, -0.15) is 0 Å². The largest absolute Gasteiger partial charge is 0.316 e. The molecule has 0 bridgehead atoms. The van der Waals surface area contributed by atoms with Gasteiger partial charge in [-0.1, -0.05) is 13.8 Å². The van der Waals surface area contributed by atoms with Gasteiger partial charge in [-0.15, -0.1) is 0 Å². The molecule has 2 N–H and O–H groups in total. The summed E-state index contributed by atoms with van der Waals surface area (Å²) in [7, 11) is 0. The second-order valence-electron chi connectivity index (χ2n) is 3.58. The highest BCUT2D eigenvalue weighted by atomic mass is 15.0. The average Bonchev–Trinajstić information content (AvgIpc) is 1.94. The van der Waals surface area contributed by atoms with Crippen LogP contribution in [-0.4, -0.2) is 25.7 Å². The van der Waals surface area contributed by atoms with Crippen LogP contribution < -0.4 is 10.6 Å². The summed E-state index contributed by atoms with van der Waals surface area (Å²) in [5.41, 5.74) is 0. The van der Waals surface area contributed by atoms with Crippen LogP contribution in [0.2, 0.25) is 0 Å². The van der Waals surface area contributed by atoms with Crippen molar-refractivity contribution < 1.29 is 0 Å². The number of hydrogen-bond acceptors (Lipinski definition) is 2. The van der Waals surface area contributed by atoms with Crippen molar-refractivity contribution in [1.29, 1.82) is 0 Å². The first kappa shape index (κ1) is 9.01. The van der Waals surface area contributed by atoms with Crippen LogP contribution in [0.1, 0.15) is 26.7 Å². The molecular formula is C9H20N2. The van der Waals surface area contributed by atoms with E-state index in [4.69, 9.17) is 0 Å². The molecule has 0 spiro atoms. The van der Waals surface area contributed by atoms with Crippen molar-refractivity contribution in [3.63, 3.8) is 0 Å². The Morgan fingerprint density at radius 1 is 1.27 bits per heavy atom. The Morgan fingerprint density at radius 2 is 2.00 bits per heavy atom. The maximum absolute atomic E-state index is 3.52. The number of rotatable bonds is 5. The average molecular weight is 156 g/mol. The molecule has 0 radical (unpaired) electrons. The predicted molar refractivity (Wildman–Crippen MR) is 48.7 cm³/mol. The molecule has 0 atom stereocenters. The van der Waals surface area contributed by atoms with E-state index < -0.39 is 0 Å². The first-order valence-corrected chi connectivity index (χ1v) is 4.77. The quantitative estimate of drug-likeness (QED) is 0.580. The maximum Gasteiger partial charge on any atom is 0.00793 e. The van der Waals surface area contributed by atoms with Crippen LogP contribution in [0.15, 0.2) is 0 Å². The Kier molecular flexibility index (Phi) is 3.87. The zero-order valence-electron chi connectivity index (χ0n) is 7.69. The van der Waals surface area contributed by atoms with Gasteiger partial charge in [0, 0.05) is 19.1 Å². The monoisotopic (exact) mass is 156 g/mol. The van der Waals surface area contributed by atoms with Gasteiger partial charge in [-0.05, 0) is 25.3 Å². The molecular weight excluding hydrogens is 136 g/mol. The molecule has 0 saturated heterocycles. The van der Waals surface area contributed by atoms with Crippen molar-refractivity contribution in [2.45, 2.75) is 32.7 Å². The number of hydrogen-bond donors (Lipinski definition) is 2. The Bertz CT molecular complexity index is 97.7. The van der Waals surface area contributed by atoms with Crippen molar-refractivity contribution in [3.05, 3.63) is 0 Å². The third-order valence-electron chi connectivity index (χ3n) is 2.36. The summed E-state index contributed by atoms with van der Waals surface area (Å²) in [6.45, 7) is 7.79. The van der Waals surface area contributed by atoms with Gasteiger partial charge in [0.2, 0.25) is 0 Å². The fraction of sp³-hybridized carbons (Fsp3) is 1.00. The molecule has 0 aromatic rings. The zero-order valence-corrected chi connectivity index (χ0v) is 7.69. The molecule has 0 amide bonds. The molecule has 0 aromatic carbocycles. The minimum absolute atomic E-state index is 0.823. The third kappa shape index (κ3) is 3.21. The standard InChI is InChI=1S/C9H20N2/c1-3-10-4-5-11-9-6-8(2)7-9/h8-11H,3-7H2,1-2H3. The second kappa shape index (κ2) is 4.73. The minimum Gasteiger partial charge on any atom is -0.316 e. The van der Waals surface area contributed by atoms with Gasteiger partial charge in [0.1, 0.15) is 0 Å². The Hall–Kier alpha value is -0.0800. The lowest BCUT2D eigenvalue weighted by Gasteiger charge is -2.33. The van der Waals surface area contributed by atoms with Crippen LogP contribution in [0.5, 0.6) is 0 Å². The van der Waals surface area contributed by atoms with Crippen molar-refractivity contribution >= 4 is 0 Å². The number of nitrogens with one attached hydrogen (secondary N) is 2. The van der Waals surface area contributed by atoms with Crippen LogP contribution >= 0.6 is 0 Å². The summed E-state index contributed by atoms with van der Waals surface area (Å²) in [4.78, 5) is 0. The van der Waals surface area contributed by atoms with Gasteiger partial charge in [0.15, 0.2) is 0 Å². The lowest BCUT2D eigenvalue weighted by molar-refractivity contribution is 0.242.